The number of aromatic nitrogens is 7. The van der Waals surface area contributed by atoms with Crippen LogP contribution in [-0.2, 0) is 6.54 Å². The largest absolute Gasteiger partial charge is 0.348 e. The van der Waals surface area contributed by atoms with Gasteiger partial charge in [-0.2, -0.15) is 10.2 Å². The van der Waals surface area contributed by atoms with Crippen LogP contribution in [0, 0.1) is 0 Å². The van der Waals surface area contributed by atoms with Crippen molar-refractivity contribution in [2.75, 3.05) is 5.32 Å². The van der Waals surface area contributed by atoms with Gasteiger partial charge in [0.05, 0.1) is 12.4 Å². The summed E-state index contributed by atoms with van der Waals surface area (Å²) in [5, 5.41) is 13.8. The fourth-order valence-electron chi connectivity index (χ4n) is 3.09. The monoisotopic (exact) mass is 413 g/mol. The highest BCUT2D eigenvalue weighted by Crippen LogP contribution is 2.13. The molecule has 0 aliphatic rings. The van der Waals surface area contributed by atoms with Gasteiger partial charge in [-0.15, -0.1) is 0 Å². The zero-order chi connectivity index (χ0) is 21.2. The quantitative estimate of drug-likeness (QED) is 0.444. The molecule has 0 atom stereocenters. The number of nitrogens with one attached hydrogen (secondary N) is 2. The van der Waals surface area contributed by atoms with E-state index in [9.17, 15) is 9.59 Å². The predicted molar refractivity (Wildman–Crippen MR) is 109 cm³/mol. The van der Waals surface area contributed by atoms with Crippen molar-refractivity contribution in [2.45, 2.75) is 6.54 Å². The lowest BCUT2D eigenvalue weighted by Gasteiger charge is -2.07. The van der Waals surface area contributed by atoms with E-state index in [1.54, 1.807) is 55.2 Å². The lowest BCUT2D eigenvalue weighted by molar-refractivity contribution is 0.0951. The number of carbonyl (C=O) groups is 2. The van der Waals surface area contributed by atoms with E-state index < -0.39 is 0 Å². The minimum atomic E-state index is -0.375. The third kappa shape index (κ3) is 3.55. The molecule has 0 spiro atoms. The maximum atomic E-state index is 12.6. The number of pyridine rings is 1. The van der Waals surface area contributed by atoms with Gasteiger partial charge in [-0.1, -0.05) is 0 Å². The Morgan fingerprint density at radius 1 is 0.839 bits per heavy atom. The summed E-state index contributed by atoms with van der Waals surface area (Å²) in [6.07, 6.45) is 11.1. The molecule has 2 amide bonds. The van der Waals surface area contributed by atoms with Crippen molar-refractivity contribution < 1.29 is 9.59 Å². The number of fused-ring (bicyclic) bond motifs is 2. The predicted octanol–water partition coefficient (Wildman–Crippen LogP) is 1.35. The van der Waals surface area contributed by atoms with E-state index in [0.717, 1.165) is 5.56 Å². The van der Waals surface area contributed by atoms with Crippen LogP contribution in [0.3, 0.4) is 0 Å². The molecule has 2 N–H and O–H groups in total. The fraction of sp³-hybridized carbons (Fsp3) is 0.0500. The molecular formula is C20H15N9O2. The minimum Gasteiger partial charge on any atom is -0.348 e. The third-order valence-electron chi connectivity index (χ3n) is 4.57. The first kappa shape index (κ1) is 18.4. The molecule has 0 bridgehead atoms. The maximum absolute atomic E-state index is 12.6. The Morgan fingerprint density at radius 2 is 1.48 bits per heavy atom. The van der Waals surface area contributed by atoms with Crippen LogP contribution in [0.5, 0.6) is 0 Å². The normalized spacial score (nSPS) is 11.0. The highest BCUT2D eigenvalue weighted by Gasteiger charge is 2.15. The Hall–Kier alpha value is -4.67. The van der Waals surface area contributed by atoms with Crippen molar-refractivity contribution in [3.05, 3.63) is 84.3 Å². The van der Waals surface area contributed by atoms with Gasteiger partial charge in [0, 0.05) is 37.5 Å². The van der Waals surface area contributed by atoms with E-state index in [1.807, 2.05) is 0 Å². The highest BCUT2D eigenvalue weighted by atomic mass is 16.2. The number of hydrogen-bond donors (Lipinski definition) is 2. The molecule has 0 aliphatic heterocycles. The Labute approximate surface area is 174 Å². The number of hydrogen-bond acceptors (Lipinski definition) is 7. The van der Waals surface area contributed by atoms with Crippen LogP contribution < -0.4 is 10.6 Å². The van der Waals surface area contributed by atoms with Gasteiger partial charge in [0.1, 0.15) is 16.9 Å². The standard InChI is InChI=1S/C20H15N9O2/c30-19(14-11-25-28-7-1-4-22-17(14)28)24-10-13-3-6-21-16(9-13)27-20(31)15-12-26-29-8-2-5-23-18(15)29/h1-9,11-12H,10H2,(H,24,30)(H,21,27,31). The van der Waals surface area contributed by atoms with E-state index in [1.165, 1.54) is 21.4 Å². The molecule has 5 aromatic rings. The molecule has 0 saturated carbocycles. The molecule has 0 fully saturated rings. The van der Waals surface area contributed by atoms with Crippen LogP contribution in [0.4, 0.5) is 5.82 Å². The Morgan fingerprint density at radius 3 is 2.16 bits per heavy atom. The van der Waals surface area contributed by atoms with Crippen LogP contribution in [0.25, 0.3) is 11.3 Å². The highest BCUT2D eigenvalue weighted by molar-refractivity contribution is 6.07. The smallest absolute Gasteiger partial charge is 0.262 e. The molecule has 152 valence electrons. The zero-order valence-electron chi connectivity index (χ0n) is 16.0. The second-order valence-corrected chi connectivity index (χ2v) is 6.58. The van der Waals surface area contributed by atoms with Gasteiger partial charge < -0.3 is 10.6 Å². The summed E-state index contributed by atoms with van der Waals surface area (Å²) in [6.45, 7) is 0.243. The summed E-state index contributed by atoms with van der Waals surface area (Å²) in [5.74, 6) is -0.321. The van der Waals surface area contributed by atoms with E-state index in [0.29, 0.717) is 28.2 Å². The lowest BCUT2D eigenvalue weighted by atomic mass is 10.2. The first-order valence-corrected chi connectivity index (χ1v) is 9.30. The van der Waals surface area contributed by atoms with E-state index in [-0.39, 0.29) is 18.4 Å². The van der Waals surface area contributed by atoms with Crippen molar-refractivity contribution in [3.63, 3.8) is 0 Å². The molecular weight excluding hydrogens is 398 g/mol. The fourth-order valence-corrected chi connectivity index (χ4v) is 3.09. The van der Waals surface area contributed by atoms with Gasteiger partial charge in [-0.05, 0) is 29.8 Å². The van der Waals surface area contributed by atoms with Crippen molar-refractivity contribution in [3.8, 4) is 0 Å². The molecule has 11 nitrogen and oxygen atoms in total. The molecule has 0 radical (unpaired) electrons. The number of amides is 2. The summed E-state index contributed by atoms with van der Waals surface area (Å²) in [4.78, 5) is 37.7. The Bertz CT molecular complexity index is 1420. The SMILES string of the molecule is O=C(NCc1ccnc(NC(=O)c2cnn3cccnc23)c1)c1cnn2cccnc12. The summed E-state index contributed by atoms with van der Waals surface area (Å²) in [7, 11) is 0. The van der Waals surface area contributed by atoms with Crippen LogP contribution >= 0.6 is 0 Å². The second-order valence-electron chi connectivity index (χ2n) is 6.58. The molecule has 5 rings (SSSR count). The summed E-state index contributed by atoms with van der Waals surface area (Å²) < 4.78 is 3.05. The molecule has 0 saturated heterocycles. The minimum absolute atomic E-state index is 0.243. The number of anilines is 1. The van der Waals surface area contributed by atoms with Gasteiger partial charge in [0.25, 0.3) is 11.8 Å². The lowest BCUT2D eigenvalue weighted by Crippen LogP contribution is -2.23. The first-order valence-electron chi connectivity index (χ1n) is 9.30. The van der Waals surface area contributed by atoms with E-state index >= 15 is 0 Å². The summed E-state index contributed by atoms with van der Waals surface area (Å²) in [6, 6.07) is 6.90. The van der Waals surface area contributed by atoms with Gasteiger partial charge >= 0.3 is 0 Å². The van der Waals surface area contributed by atoms with Gasteiger partial charge in [0.2, 0.25) is 0 Å². The van der Waals surface area contributed by atoms with Crippen LogP contribution in [0.2, 0.25) is 0 Å². The van der Waals surface area contributed by atoms with E-state index in [4.69, 9.17) is 0 Å². The second kappa shape index (κ2) is 7.63. The number of carbonyl (C=O) groups excluding carboxylic acids is 2. The summed E-state index contributed by atoms with van der Waals surface area (Å²) >= 11 is 0. The van der Waals surface area contributed by atoms with Gasteiger partial charge in [-0.3, -0.25) is 9.59 Å². The van der Waals surface area contributed by atoms with Crippen molar-refractivity contribution in [1.29, 1.82) is 0 Å². The van der Waals surface area contributed by atoms with Crippen molar-refractivity contribution >= 4 is 28.9 Å². The van der Waals surface area contributed by atoms with Gasteiger partial charge in [-0.25, -0.2) is 24.0 Å². The Balaban J connectivity index is 1.28. The molecule has 0 aromatic carbocycles. The molecule has 11 heteroatoms. The van der Waals surface area contributed by atoms with Crippen LogP contribution in [0.1, 0.15) is 26.3 Å². The van der Waals surface area contributed by atoms with Crippen molar-refractivity contribution in [2.24, 2.45) is 0 Å². The average molecular weight is 413 g/mol. The first-order chi connectivity index (χ1) is 15.2. The maximum Gasteiger partial charge on any atom is 0.262 e. The molecule has 0 aliphatic carbocycles. The topological polar surface area (TPSA) is 131 Å². The number of nitrogens with zero attached hydrogens (tertiary/aromatic N) is 7. The van der Waals surface area contributed by atoms with E-state index in [2.05, 4.69) is 35.8 Å². The van der Waals surface area contributed by atoms with Crippen LogP contribution in [0.15, 0.2) is 67.6 Å². The third-order valence-corrected chi connectivity index (χ3v) is 4.57. The van der Waals surface area contributed by atoms with Crippen LogP contribution in [-0.4, -0.2) is 46.0 Å². The molecule has 31 heavy (non-hydrogen) atoms. The number of rotatable bonds is 5. The Kier molecular flexibility index (Phi) is 4.52. The molecule has 0 unspecified atom stereocenters. The summed E-state index contributed by atoms with van der Waals surface area (Å²) in [5.41, 5.74) is 2.40. The van der Waals surface area contributed by atoms with Gasteiger partial charge in [0.15, 0.2) is 11.3 Å². The molecule has 5 aromatic heterocycles. The molecule has 5 heterocycles. The van der Waals surface area contributed by atoms with Crippen molar-refractivity contribution in [1.82, 2.24) is 39.5 Å². The zero-order valence-corrected chi connectivity index (χ0v) is 16.0. The average Bonchev–Trinajstić information content (AvgIpc) is 3.42.